The molecule has 0 radical (unpaired) electrons. The highest BCUT2D eigenvalue weighted by Gasteiger charge is 2.73. The van der Waals surface area contributed by atoms with Crippen molar-refractivity contribution in [2.24, 2.45) is 0 Å². The number of aliphatic hydroxyl groups is 2. The number of halogens is 12. The van der Waals surface area contributed by atoms with Gasteiger partial charge in [0.1, 0.15) is 11.5 Å². The number of hydrogen-bond acceptors (Lipinski definition) is 4. The molecule has 0 aliphatic carbocycles. The number of benzene rings is 2. The first kappa shape index (κ1) is 27.4. The molecule has 34 heavy (non-hydrogen) atoms. The van der Waals surface area contributed by atoms with Crippen molar-refractivity contribution in [3.63, 3.8) is 0 Å². The van der Waals surface area contributed by atoms with Crippen LogP contribution in [0.5, 0.6) is 11.5 Å². The van der Waals surface area contributed by atoms with Crippen LogP contribution in [0.3, 0.4) is 0 Å². The van der Waals surface area contributed by atoms with Gasteiger partial charge in [0.05, 0.1) is 0 Å². The Kier molecular flexibility index (Phi) is 6.30. The lowest BCUT2D eigenvalue weighted by atomic mass is 9.86. The Bertz CT molecular complexity index is 953. The molecule has 0 spiro atoms. The van der Waals surface area contributed by atoms with Crippen LogP contribution >= 0.6 is 0 Å². The van der Waals surface area contributed by atoms with Gasteiger partial charge in [0.15, 0.2) is 0 Å². The van der Waals surface area contributed by atoms with Crippen molar-refractivity contribution in [3.05, 3.63) is 47.5 Å². The van der Waals surface area contributed by atoms with Gasteiger partial charge in [0.25, 0.3) is 11.2 Å². The molecule has 0 aliphatic heterocycles. The summed E-state index contributed by atoms with van der Waals surface area (Å²) in [6, 6.07) is 0.989. The Morgan fingerprint density at radius 3 is 0.882 bits per heavy atom. The van der Waals surface area contributed by atoms with E-state index in [2.05, 4.69) is 0 Å². The molecule has 0 saturated heterocycles. The molecule has 0 fully saturated rings. The first-order chi connectivity index (χ1) is 15.0. The van der Waals surface area contributed by atoms with Gasteiger partial charge in [0.2, 0.25) is 0 Å². The Morgan fingerprint density at radius 1 is 0.441 bits per heavy atom. The maximum atomic E-state index is 13.1. The fourth-order valence-electron chi connectivity index (χ4n) is 2.94. The summed E-state index contributed by atoms with van der Waals surface area (Å²) in [5.41, 5.74) is -17.7. The summed E-state index contributed by atoms with van der Waals surface area (Å²) in [6.07, 6.45) is -25.9. The van der Waals surface area contributed by atoms with Crippen LogP contribution in [0.4, 0.5) is 52.7 Å². The minimum absolute atomic E-state index is 0.166. The van der Waals surface area contributed by atoms with E-state index in [1.165, 1.54) is 0 Å². The standard InChI is InChI=1S/C18H10F12O4/c19-15(20,21)13(33,16(22,23)24)9-5-7(1-3-11(9)31)8-2-4-12(32)10(6-8)14(34,17(25,26)27)18(28,29)30/h1-6,31-34H. The normalized spacial score (nSPS) is 14.4. The summed E-state index contributed by atoms with van der Waals surface area (Å²) >= 11 is 0. The average Bonchev–Trinajstić information content (AvgIpc) is 2.64. The largest absolute Gasteiger partial charge is 0.508 e. The molecule has 2 aromatic carbocycles. The fourth-order valence-corrected chi connectivity index (χ4v) is 2.94. The summed E-state index contributed by atoms with van der Waals surface area (Å²) in [6.45, 7) is 0. The van der Waals surface area contributed by atoms with Gasteiger partial charge in [-0.25, -0.2) is 0 Å². The molecule has 4 N–H and O–H groups in total. The zero-order valence-electron chi connectivity index (χ0n) is 15.8. The second-order valence-electron chi connectivity index (χ2n) is 6.88. The predicted octanol–water partition coefficient (Wildman–Crippen LogP) is 5.39. The van der Waals surface area contributed by atoms with Crippen molar-refractivity contribution >= 4 is 0 Å². The highest BCUT2D eigenvalue weighted by molar-refractivity contribution is 5.69. The van der Waals surface area contributed by atoms with Crippen LogP contribution < -0.4 is 0 Å². The smallest absolute Gasteiger partial charge is 0.430 e. The van der Waals surface area contributed by atoms with E-state index in [1.807, 2.05) is 0 Å². The third-order valence-electron chi connectivity index (χ3n) is 4.75. The van der Waals surface area contributed by atoms with Gasteiger partial charge >= 0.3 is 24.7 Å². The van der Waals surface area contributed by atoms with Crippen molar-refractivity contribution in [2.45, 2.75) is 35.9 Å². The van der Waals surface area contributed by atoms with Gasteiger partial charge in [-0.2, -0.15) is 52.7 Å². The van der Waals surface area contributed by atoms with Crippen molar-refractivity contribution < 1.29 is 73.1 Å². The topological polar surface area (TPSA) is 80.9 Å². The highest BCUT2D eigenvalue weighted by Crippen LogP contribution is 2.54. The van der Waals surface area contributed by atoms with Crippen molar-refractivity contribution in [3.8, 4) is 22.6 Å². The van der Waals surface area contributed by atoms with Crippen molar-refractivity contribution in [2.75, 3.05) is 0 Å². The zero-order chi connectivity index (χ0) is 26.7. The summed E-state index contributed by atoms with van der Waals surface area (Å²) < 4.78 is 158. The van der Waals surface area contributed by atoms with Crippen LogP contribution in [0.25, 0.3) is 11.1 Å². The number of phenolic OH excluding ortho intramolecular Hbond substituents is 2. The lowest BCUT2D eigenvalue weighted by Gasteiger charge is -2.34. The highest BCUT2D eigenvalue weighted by atomic mass is 19.4. The van der Waals surface area contributed by atoms with E-state index in [9.17, 15) is 73.1 Å². The predicted molar refractivity (Wildman–Crippen MR) is 87.2 cm³/mol. The molecule has 2 aromatic rings. The average molecular weight is 518 g/mol. The van der Waals surface area contributed by atoms with Gasteiger partial charge in [-0.05, 0) is 35.4 Å². The first-order valence-electron chi connectivity index (χ1n) is 8.39. The third kappa shape index (κ3) is 4.08. The molecular weight excluding hydrogens is 508 g/mol. The van der Waals surface area contributed by atoms with Gasteiger partial charge in [-0.15, -0.1) is 0 Å². The first-order valence-corrected chi connectivity index (χ1v) is 8.39. The molecule has 16 heteroatoms. The van der Waals surface area contributed by atoms with Crippen LogP contribution in [-0.4, -0.2) is 45.1 Å². The fraction of sp³-hybridized carbons (Fsp3) is 0.333. The van der Waals surface area contributed by atoms with E-state index in [4.69, 9.17) is 0 Å². The van der Waals surface area contributed by atoms with E-state index in [-0.39, 0.29) is 24.3 Å². The third-order valence-corrected chi connectivity index (χ3v) is 4.75. The zero-order valence-corrected chi connectivity index (χ0v) is 15.8. The molecule has 0 amide bonds. The van der Waals surface area contributed by atoms with E-state index in [0.717, 1.165) is 0 Å². The number of hydrogen-bond donors (Lipinski definition) is 4. The molecule has 0 aromatic heterocycles. The van der Waals surface area contributed by atoms with Gasteiger partial charge < -0.3 is 20.4 Å². The quantitative estimate of drug-likeness (QED) is 0.411. The number of aromatic hydroxyl groups is 2. The Morgan fingerprint density at radius 2 is 0.676 bits per heavy atom. The second kappa shape index (κ2) is 7.83. The van der Waals surface area contributed by atoms with Crippen molar-refractivity contribution in [1.82, 2.24) is 0 Å². The Hall–Kier alpha value is -2.88. The number of phenols is 2. The number of rotatable bonds is 3. The van der Waals surface area contributed by atoms with Crippen molar-refractivity contribution in [1.29, 1.82) is 0 Å². The molecule has 0 saturated carbocycles. The monoisotopic (exact) mass is 518 g/mol. The second-order valence-corrected chi connectivity index (χ2v) is 6.88. The Labute approximate surface area is 180 Å². The molecular formula is C18H10F12O4. The van der Waals surface area contributed by atoms with E-state index in [1.54, 1.807) is 0 Å². The minimum Gasteiger partial charge on any atom is -0.508 e. The summed E-state index contributed by atoms with van der Waals surface area (Å²) in [5, 5.41) is 38.0. The molecule has 0 atom stereocenters. The van der Waals surface area contributed by atoms with E-state index in [0.29, 0.717) is 12.1 Å². The lowest BCUT2D eigenvalue weighted by molar-refractivity contribution is -0.377. The molecule has 0 bridgehead atoms. The SMILES string of the molecule is Oc1ccc(-c2ccc(O)c(C(O)(C(F)(F)F)C(F)(F)F)c2)cc1C(O)(C(F)(F)F)C(F)(F)F. The van der Waals surface area contributed by atoms with Gasteiger partial charge in [0, 0.05) is 11.1 Å². The van der Waals surface area contributed by atoms with Crippen LogP contribution in [0, 0.1) is 0 Å². The molecule has 0 unspecified atom stereocenters. The van der Waals surface area contributed by atoms with Gasteiger partial charge in [-0.1, -0.05) is 12.1 Å². The number of alkyl halides is 12. The molecule has 190 valence electrons. The minimum atomic E-state index is -6.48. The Balaban J connectivity index is 2.85. The van der Waals surface area contributed by atoms with E-state index < -0.39 is 69.7 Å². The molecule has 0 heterocycles. The van der Waals surface area contributed by atoms with Gasteiger partial charge in [-0.3, -0.25) is 0 Å². The molecule has 0 aliphatic rings. The maximum Gasteiger partial charge on any atom is 0.430 e. The van der Waals surface area contributed by atoms with E-state index >= 15 is 0 Å². The maximum absolute atomic E-state index is 13.1. The van der Waals surface area contributed by atoms with Crippen LogP contribution in [-0.2, 0) is 11.2 Å². The molecule has 4 nitrogen and oxygen atoms in total. The van der Waals surface area contributed by atoms with Crippen LogP contribution in [0.15, 0.2) is 36.4 Å². The van der Waals surface area contributed by atoms with Crippen LogP contribution in [0.2, 0.25) is 0 Å². The summed E-state index contributed by atoms with van der Waals surface area (Å²) in [7, 11) is 0. The summed E-state index contributed by atoms with van der Waals surface area (Å²) in [4.78, 5) is 0. The van der Waals surface area contributed by atoms with Crippen LogP contribution in [0.1, 0.15) is 11.1 Å². The molecule has 2 rings (SSSR count). The lowest BCUT2D eigenvalue weighted by Crippen LogP contribution is -2.54. The summed E-state index contributed by atoms with van der Waals surface area (Å²) in [5.74, 6) is -3.52.